The first-order chi connectivity index (χ1) is 24.8. The topological polar surface area (TPSA) is 172 Å². The lowest BCUT2D eigenvalue weighted by Crippen LogP contribution is -2.40. The zero-order valence-electron chi connectivity index (χ0n) is 28.2. The highest BCUT2D eigenvalue weighted by atomic mass is 32.1. The standard InChI is InChI=1S/C29H38F2N4O3S.2C2HF3O2/c30-23-9-7-20(19-24(23)31)13-17-35(26(37)12-15-33-22-5-3-1-2-4-6-22)18-16-32-14-11-21-8-10-25(36)27-28(21)39-29(38)34-27;2*3-2(4,5)1(6)7/h7-10,19,22,32-33,36H,1-6,11-18H2,(H,34,38);2*(H,6,7). The minimum absolute atomic E-state index is 0.0397. The monoisotopic (exact) mass is 788 g/mol. The smallest absolute Gasteiger partial charge is 0.490 e. The Labute approximate surface area is 302 Å². The van der Waals surface area contributed by atoms with E-state index in [-0.39, 0.29) is 16.5 Å². The Hall–Kier alpha value is -4.30. The van der Waals surface area contributed by atoms with E-state index in [9.17, 15) is 49.8 Å². The second kappa shape index (κ2) is 21.4. The maximum atomic E-state index is 13.7. The van der Waals surface area contributed by atoms with Gasteiger partial charge in [-0.3, -0.25) is 9.59 Å². The third-order valence-corrected chi connectivity index (χ3v) is 8.85. The second-order valence-corrected chi connectivity index (χ2v) is 12.8. The van der Waals surface area contributed by atoms with Crippen LogP contribution in [-0.4, -0.2) is 94.2 Å². The molecule has 0 atom stereocenters. The number of phenols is 1. The van der Waals surface area contributed by atoms with Crippen LogP contribution in [0.3, 0.4) is 0 Å². The summed E-state index contributed by atoms with van der Waals surface area (Å²) < 4.78 is 91.2. The van der Waals surface area contributed by atoms with Crippen molar-refractivity contribution in [2.24, 2.45) is 0 Å². The Morgan fingerprint density at radius 2 is 1.43 bits per heavy atom. The second-order valence-electron chi connectivity index (χ2n) is 11.8. The van der Waals surface area contributed by atoms with E-state index in [2.05, 4.69) is 15.6 Å². The molecule has 4 rings (SSSR count). The van der Waals surface area contributed by atoms with E-state index in [1.54, 1.807) is 17.0 Å². The largest absolute Gasteiger partial charge is 0.506 e. The van der Waals surface area contributed by atoms with Gasteiger partial charge in [0.05, 0.1) is 4.70 Å². The molecule has 2 aromatic carbocycles. The van der Waals surface area contributed by atoms with E-state index in [1.807, 2.05) is 6.07 Å². The van der Waals surface area contributed by atoms with Crippen LogP contribution in [-0.2, 0) is 27.2 Å². The molecule has 0 spiro atoms. The number of carbonyl (C=O) groups is 3. The van der Waals surface area contributed by atoms with E-state index in [0.717, 1.165) is 40.5 Å². The fourth-order valence-corrected chi connectivity index (χ4v) is 6.07. The first kappa shape index (κ1) is 44.9. The van der Waals surface area contributed by atoms with Crippen LogP contribution in [0.5, 0.6) is 5.75 Å². The van der Waals surface area contributed by atoms with Crippen LogP contribution < -0.4 is 15.5 Å². The van der Waals surface area contributed by atoms with E-state index in [4.69, 9.17) is 19.8 Å². The zero-order valence-corrected chi connectivity index (χ0v) is 29.0. The van der Waals surface area contributed by atoms with Gasteiger partial charge in [0.15, 0.2) is 11.6 Å². The molecule has 296 valence electrons. The van der Waals surface area contributed by atoms with Gasteiger partial charge in [-0.2, -0.15) is 26.3 Å². The third kappa shape index (κ3) is 16.5. The number of nitrogens with zero attached hydrogens (tertiary/aromatic N) is 1. The number of hydrogen-bond acceptors (Lipinski definition) is 8. The number of fused-ring (bicyclic) bond motifs is 1. The first-order valence-corrected chi connectivity index (χ1v) is 17.2. The van der Waals surface area contributed by atoms with Crippen LogP contribution in [0, 0.1) is 11.6 Å². The van der Waals surface area contributed by atoms with Crippen LogP contribution in [0.1, 0.15) is 56.1 Å². The molecule has 1 aliphatic rings. The number of amides is 1. The van der Waals surface area contributed by atoms with Crippen molar-refractivity contribution in [3.05, 3.63) is 62.8 Å². The number of aromatic hydroxyl groups is 1. The molecule has 11 nitrogen and oxygen atoms in total. The predicted molar refractivity (Wildman–Crippen MR) is 179 cm³/mol. The van der Waals surface area contributed by atoms with E-state index >= 15 is 0 Å². The minimum atomic E-state index is -5.08. The van der Waals surface area contributed by atoms with E-state index < -0.39 is 35.9 Å². The maximum absolute atomic E-state index is 13.7. The molecule has 0 radical (unpaired) electrons. The number of alkyl halides is 6. The molecule has 6 N–H and O–H groups in total. The predicted octanol–water partition coefficient (Wildman–Crippen LogP) is 5.75. The number of phenolic OH excluding ortho intramolecular Hbond substituents is 1. The molecule has 0 saturated heterocycles. The Bertz CT molecular complexity index is 1670. The number of aliphatic carboxylic acids is 2. The SMILES string of the molecule is O=C(CCNC1CCCCCC1)N(CCNCCc1ccc(O)c2[nH]c(=O)sc12)CCc1ccc(F)c(F)c1.O=C(O)C(F)(F)F.O=C(O)C(F)(F)F. The van der Waals surface area contributed by atoms with Crippen molar-refractivity contribution >= 4 is 39.4 Å². The van der Waals surface area contributed by atoms with Crippen LogP contribution in [0.4, 0.5) is 35.1 Å². The van der Waals surface area contributed by atoms with Gasteiger partial charge in [0.25, 0.3) is 0 Å². The summed E-state index contributed by atoms with van der Waals surface area (Å²) in [5, 5.41) is 31.2. The molecular formula is C33H40F8N4O7S. The summed E-state index contributed by atoms with van der Waals surface area (Å²) in [5.74, 6) is -7.17. The number of aromatic nitrogens is 1. The number of carbonyl (C=O) groups excluding carboxylic acids is 1. The van der Waals surface area contributed by atoms with Crippen molar-refractivity contribution in [1.29, 1.82) is 0 Å². The molecule has 1 aliphatic carbocycles. The molecule has 1 fully saturated rings. The number of carboxylic acids is 2. The highest BCUT2D eigenvalue weighted by Gasteiger charge is 2.38. The Balaban J connectivity index is 0.000000587. The average Bonchev–Trinajstić information content (AvgIpc) is 3.29. The molecule has 0 unspecified atom stereocenters. The lowest BCUT2D eigenvalue weighted by Gasteiger charge is -2.24. The van der Waals surface area contributed by atoms with Gasteiger partial charge in [0.2, 0.25) is 5.91 Å². The van der Waals surface area contributed by atoms with Gasteiger partial charge in [0, 0.05) is 38.6 Å². The summed E-state index contributed by atoms with van der Waals surface area (Å²) in [6, 6.07) is 7.75. The van der Waals surface area contributed by atoms with Crippen molar-refractivity contribution in [1.82, 2.24) is 20.5 Å². The number of benzene rings is 2. The number of carboxylic acid groups (broad SMARTS) is 2. The summed E-state index contributed by atoms with van der Waals surface area (Å²) in [6.07, 6.45) is -1.32. The molecule has 1 amide bonds. The highest BCUT2D eigenvalue weighted by Crippen LogP contribution is 2.28. The van der Waals surface area contributed by atoms with Gasteiger partial charge >= 0.3 is 29.2 Å². The summed E-state index contributed by atoms with van der Waals surface area (Å²) in [7, 11) is 0. The number of H-pyrrole nitrogens is 1. The van der Waals surface area contributed by atoms with Crippen LogP contribution in [0.15, 0.2) is 35.1 Å². The van der Waals surface area contributed by atoms with Crippen molar-refractivity contribution < 1.29 is 64.8 Å². The molecule has 1 heterocycles. The summed E-state index contributed by atoms with van der Waals surface area (Å²) in [6.45, 7) is 2.76. The number of hydrogen-bond donors (Lipinski definition) is 6. The van der Waals surface area contributed by atoms with Crippen LogP contribution in [0.25, 0.3) is 10.2 Å². The molecule has 1 aromatic heterocycles. The van der Waals surface area contributed by atoms with Gasteiger partial charge in [-0.15, -0.1) is 0 Å². The highest BCUT2D eigenvalue weighted by molar-refractivity contribution is 7.16. The van der Waals surface area contributed by atoms with Gasteiger partial charge < -0.3 is 35.8 Å². The van der Waals surface area contributed by atoms with Crippen LogP contribution in [0.2, 0.25) is 0 Å². The van der Waals surface area contributed by atoms with Crippen molar-refractivity contribution in [2.75, 3.05) is 32.7 Å². The Morgan fingerprint density at radius 3 is 2.00 bits per heavy atom. The number of aromatic amines is 1. The first-order valence-electron chi connectivity index (χ1n) is 16.4. The molecule has 0 aliphatic heterocycles. The summed E-state index contributed by atoms with van der Waals surface area (Å²) in [4.78, 5) is 46.9. The van der Waals surface area contributed by atoms with Crippen molar-refractivity contribution in [3.63, 3.8) is 0 Å². The Morgan fingerprint density at radius 1 is 0.830 bits per heavy atom. The molecule has 53 heavy (non-hydrogen) atoms. The normalized spacial score (nSPS) is 13.7. The number of halogens is 8. The van der Waals surface area contributed by atoms with E-state index in [1.165, 1.54) is 31.7 Å². The van der Waals surface area contributed by atoms with E-state index in [0.29, 0.717) is 69.1 Å². The third-order valence-electron chi connectivity index (χ3n) is 7.89. The van der Waals surface area contributed by atoms with Gasteiger partial charge in [-0.25, -0.2) is 18.4 Å². The number of rotatable bonds is 13. The van der Waals surface area contributed by atoms with Gasteiger partial charge in [-0.1, -0.05) is 49.2 Å². The molecule has 3 aromatic rings. The summed E-state index contributed by atoms with van der Waals surface area (Å²) >= 11 is 1.08. The Kier molecular flexibility index (Phi) is 18.1. The maximum Gasteiger partial charge on any atom is 0.490 e. The lowest BCUT2D eigenvalue weighted by molar-refractivity contribution is -0.193. The van der Waals surface area contributed by atoms with Crippen LogP contribution >= 0.6 is 11.3 Å². The van der Waals surface area contributed by atoms with Crippen molar-refractivity contribution in [2.45, 2.75) is 76.2 Å². The van der Waals surface area contributed by atoms with Crippen molar-refractivity contribution in [3.8, 4) is 5.75 Å². The minimum Gasteiger partial charge on any atom is -0.506 e. The molecule has 1 saturated carbocycles. The fraction of sp³-hybridized carbons (Fsp3) is 0.515. The quantitative estimate of drug-likeness (QED) is 0.0718. The number of nitrogens with one attached hydrogen (secondary N) is 3. The van der Waals surface area contributed by atoms with Gasteiger partial charge in [-0.05, 0) is 61.6 Å². The lowest BCUT2D eigenvalue weighted by atomic mass is 10.1. The van der Waals surface area contributed by atoms with Gasteiger partial charge in [0.1, 0.15) is 11.3 Å². The zero-order chi connectivity index (χ0) is 39.8. The number of thiazole rings is 1. The molecule has 0 bridgehead atoms. The summed E-state index contributed by atoms with van der Waals surface area (Å²) in [5.41, 5.74) is 2.08. The average molecular weight is 789 g/mol. The fourth-order valence-electron chi connectivity index (χ4n) is 5.18. The molecule has 20 heteroatoms. The molecular weight excluding hydrogens is 748 g/mol.